The van der Waals surface area contributed by atoms with Crippen LogP contribution in [0.5, 0.6) is 0 Å². The highest BCUT2D eigenvalue weighted by Gasteiger charge is 2.48. The van der Waals surface area contributed by atoms with E-state index in [9.17, 15) is 16.8 Å². The van der Waals surface area contributed by atoms with Gasteiger partial charge in [0.05, 0.1) is 0 Å². The zero-order valence-corrected chi connectivity index (χ0v) is 8.90. The maximum atomic E-state index is 11.3. The Hall–Kier alpha value is -1.02. The molecule has 2 aliphatic heterocycles. The van der Waals surface area contributed by atoms with Crippen LogP contribution < -0.4 is 0 Å². The van der Waals surface area contributed by atoms with Crippen LogP contribution >= 0.6 is 0 Å². The van der Waals surface area contributed by atoms with Crippen molar-refractivity contribution in [3.63, 3.8) is 0 Å². The summed E-state index contributed by atoms with van der Waals surface area (Å²) < 4.78 is 53.3. The standard InChI is InChI=1S/C6H6O6S2/c1-3-5-4(2)11-13(7,8)6(3)14(9,10)12-5/h1-2H3. The quantitative estimate of drug-likeness (QED) is 0.559. The predicted molar refractivity (Wildman–Crippen MR) is 45.4 cm³/mol. The maximum absolute atomic E-state index is 11.3. The van der Waals surface area contributed by atoms with Gasteiger partial charge in [0.25, 0.3) is 0 Å². The fraction of sp³-hybridized carbons (Fsp3) is 0.333. The SMILES string of the molecule is CC1=C2OS(=O)(=O)C(=C2C)S(=O)(=O)O1. The van der Waals surface area contributed by atoms with Gasteiger partial charge in [-0.2, -0.15) is 16.8 Å². The normalized spacial score (nSPS) is 27.3. The minimum atomic E-state index is -4.23. The summed E-state index contributed by atoms with van der Waals surface area (Å²) in [6, 6.07) is 0. The average molecular weight is 238 g/mol. The first-order chi connectivity index (χ1) is 6.26. The largest absolute Gasteiger partial charge is 0.379 e. The van der Waals surface area contributed by atoms with Crippen LogP contribution in [0.1, 0.15) is 13.8 Å². The van der Waals surface area contributed by atoms with Crippen LogP contribution in [0.15, 0.2) is 21.3 Å². The van der Waals surface area contributed by atoms with E-state index in [1.807, 2.05) is 0 Å². The summed E-state index contributed by atoms with van der Waals surface area (Å²) in [6.45, 7) is 2.69. The molecule has 0 aromatic rings. The molecule has 0 aromatic heterocycles. The van der Waals surface area contributed by atoms with Gasteiger partial charge < -0.3 is 8.37 Å². The first-order valence-electron chi connectivity index (χ1n) is 3.57. The Morgan fingerprint density at radius 1 is 0.929 bits per heavy atom. The zero-order chi connectivity index (χ0) is 10.7. The van der Waals surface area contributed by atoms with E-state index in [1.54, 1.807) is 0 Å². The Balaban J connectivity index is 2.91. The highest BCUT2D eigenvalue weighted by atomic mass is 32.3. The molecule has 0 unspecified atom stereocenters. The van der Waals surface area contributed by atoms with Crippen LogP contribution in [0.4, 0.5) is 0 Å². The summed E-state index contributed by atoms with van der Waals surface area (Å²) in [5.74, 6) is -0.0952. The molecule has 2 bridgehead atoms. The molecule has 2 rings (SSSR count). The van der Waals surface area contributed by atoms with Crippen molar-refractivity contribution in [3.05, 3.63) is 21.3 Å². The first-order valence-corrected chi connectivity index (χ1v) is 6.38. The zero-order valence-electron chi connectivity index (χ0n) is 7.27. The van der Waals surface area contributed by atoms with Gasteiger partial charge in [0.15, 0.2) is 11.5 Å². The molecule has 0 fully saturated rings. The Bertz CT molecular complexity index is 574. The molecule has 8 heteroatoms. The van der Waals surface area contributed by atoms with E-state index >= 15 is 0 Å². The second-order valence-electron chi connectivity index (χ2n) is 2.87. The summed E-state index contributed by atoms with van der Waals surface area (Å²) in [4.78, 5) is 0. The molecular formula is C6H6O6S2. The molecule has 14 heavy (non-hydrogen) atoms. The number of allylic oxidation sites excluding steroid dienone is 2. The van der Waals surface area contributed by atoms with Gasteiger partial charge in [0, 0.05) is 5.57 Å². The van der Waals surface area contributed by atoms with Gasteiger partial charge in [-0.3, -0.25) is 0 Å². The summed E-state index contributed by atoms with van der Waals surface area (Å²) in [6.07, 6.45) is 0. The van der Waals surface area contributed by atoms with E-state index in [4.69, 9.17) is 0 Å². The fourth-order valence-electron chi connectivity index (χ4n) is 1.37. The third-order valence-corrected chi connectivity index (χ3v) is 5.45. The number of hydrogen-bond donors (Lipinski definition) is 0. The van der Waals surface area contributed by atoms with Crippen molar-refractivity contribution in [2.24, 2.45) is 0 Å². The molecule has 0 N–H and O–H groups in total. The van der Waals surface area contributed by atoms with Gasteiger partial charge in [-0.1, -0.05) is 0 Å². The van der Waals surface area contributed by atoms with E-state index in [0.29, 0.717) is 0 Å². The Labute approximate surface area is 81.1 Å². The van der Waals surface area contributed by atoms with Crippen molar-refractivity contribution in [3.8, 4) is 0 Å². The monoisotopic (exact) mass is 238 g/mol. The van der Waals surface area contributed by atoms with Crippen LogP contribution in [-0.2, 0) is 28.6 Å². The summed E-state index contributed by atoms with van der Waals surface area (Å²) >= 11 is 0. The highest BCUT2D eigenvalue weighted by molar-refractivity contribution is 8.10. The number of hydrogen-bond acceptors (Lipinski definition) is 6. The second-order valence-corrected chi connectivity index (χ2v) is 6.10. The molecule has 78 valence electrons. The number of fused-ring (bicyclic) bond motifs is 1. The molecule has 0 spiro atoms. The minimum Gasteiger partial charge on any atom is -0.379 e. The molecule has 2 aliphatic rings. The lowest BCUT2D eigenvalue weighted by Crippen LogP contribution is -2.14. The molecule has 2 heterocycles. The summed E-state index contributed by atoms with van der Waals surface area (Å²) in [5, 5.41) is 0. The predicted octanol–water partition coefficient (Wildman–Crippen LogP) is 0.169. The minimum absolute atomic E-state index is 0.0326. The van der Waals surface area contributed by atoms with Crippen molar-refractivity contribution in [1.82, 2.24) is 0 Å². The Morgan fingerprint density at radius 2 is 1.43 bits per heavy atom. The third kappa shape index (κ3) is 1.01. The molecular weight excluding hydrogens is 232 g/mol. The maximum Gasteiger partial charge on any atom is 0.354 e. The van der Waals surface area contributed by atoms with Gasteiger partial charge in [0.1, 0.15) is 0 Å². The van der Waals surface area contributed by atoms with E-state index in [-0.39, 0.29) is 17.1 Å². The number of rotatable bonds is 0. The Kier molecular flexibility index (Phi) is 1.58. The second kappa shape index (κ2) is 2.31. The van der Waals surface area contributed by atoms with Gasteiger partial charge >= 0.3 is 20.2 Å². The van der Waals surface area contributed by atoms with Crippen LogP contribution in [0, 0.1) is 0 Å². The van der Waals surface area contributed by atoms with E-state index < -0.39 is 24.5 Å². The van der Waals surface area contributed by atoms with Gasteiger partial charge in [-0.05, 0) is 13.8 Å². The van der Waals surface area contributed by atoms with Crippen LogP contribution in [0.25, 0.3) is 0 Å². The molecule has 0 atom stereocenters. The van der Waals surface area contributed by atoms with Gasteiger partial charge in [-0.25, -0.2) is 0 Å². The van der Waals surface area contributed by atoms with Crippen molar-refractivity contribution < 1.29 is 25.2 Å². The van der Waals surface area contributed by atoms with Crippen molar-refractivity contribution in [2.75, 3.05) is 0 Å². The van der Waals surface area contributed by atoms with Crippen molar-refractivity contribution >= 4 is 20.2 Å². The smallest absolute Gasteiger partial charge is 0.354 e. The lowest BCUT2D eigenvalue weighted by atomic mass is 10.2. The van der Waals surface area contributed by atoms with Crippen molar-refractivity contribution in [1.29, 1.82) is 0 Å². The van der Waals surface area contributed by atoms with Crippen LogP contribution in [0.3, 0.4) is 0 Å². The fourth-order valence-corrected chi connectivity index (χ4v) is 4.52. The van der Waals surface area contributed by atoms with Gasteiger partial charge in [0.2, 0.25) is 4.24 Å². The van der Waals surface area contributed by atoms with Gasteiger partial charge in [-0.15, -0.1) is 0 Å². The Morgan fingerprint density at radius 3 is 2.00 bits per heavy atom. The average Bonchev–Trinajstić information content (AvgIpc) is 2.14. The van der Waals surface area contributed by atoms with Crippen LogP contribution in [-0.4, -0.2) is 16.8 Å². The molecule has 0 radical (unpaired) electrons. The summed E-state index contributed by atoms with van der Waals surface area (Å²) in [7, 11) is -8.43. The first kappa shape index (κ1) is 9.53. The molecule has 0 aliphatic carbocycles. The van der Waals surface area contributed by atoms with Crippen LogP contribution in [0.2, 0.25) is 0 Å². The van der Waals surface area contributed by atoms with E-state index in [1.165, 1.54) is 13.8 Å². The molecule has 0 saturated carbocycles. The molecule has 0 aromatic carbocycles. The van der Waals surface area contributed by atoms with E-state index in [0.717, 1.165) is 0 Å². The molecule has 0 amide bonds. The summed E-state index contributed by atoms with van der Waals surface area (Å²) in [5.41, 5.74) is 0.0775. The highest BCUT2D eigenvalue weighted by Crippen LogP contribution is 2.42. The van der Waals surface area contributed by atoms with E-state index in [2.05, 4.69) is 8.37 Å². The van der Waals surface area contributed by atoms with Crippen molar-refractivity contribution in [2.45, 2.75) is 13.8 Å². The molecule has 6 nitrogen and oxygen atoms in total. The molecule has 0 saturated heterocycles. The lowest BCUT2D eigenvalue weighted by Gasteiger charge is -2.09. The topological polar surface area (TPSA) is 86.7 Å². The third-order valence-electron chi connectivity index (χ3n) is 1.85. The lowest BCUT2D eigenvalue weighted by molar-refractivity contribution is 0.366.